The number of hydrogen-bond donors (Lipinski definition) is 2. The number of hydrogen-bond acceptors (Lipinski definition) is 2. The van der Waals surface area contributed by atoms with Crippen molar-refractivity contribution in [3.05, 3.63) is 23.5 Å². The van der Waals surface area contributed by atoms with Crippen LogP contribution in [0.4, 0.5) is 13.2 Å². The smallest absolute Gasteiger partial charge is 0.418 e. The predicted octanol–water partition coefficient (Wildman–Crippen LogP) is 2.37. The van der Waals surface area contributed by atoms with Gasteiger partial charge < -0.3 is 14.8 Å². The van der Waals surface area contributed by atoms with E-state index >= 15 is 0 Å². The molecular formula is C11H14F3NO3. The summed E-state index contributed by atoms with van der Waals surface area (Å²) < 4.78 is 38.9. The van der Waals surface area contributed by atoms with Crippen molar-refractivity contribution in [2.24, 2.45) is 0 Å². The molecule has 7 heteroatoms. The zero-order chi connectivity index (χ0) is 13.8. The van der Waals surface area contributed by atoms with E-state index in [0.717, 1.165) is 12.4 Å². The molecule has 0 aliphatic heterocycles. The highest BCUT2D eigenvalue weighted by Gasteiger charge is 2.36. The van der Waals surface area contributed by atoms with Crippen molar-refractivity contribution in [2.45, 2.75) is 32.0 Å². The molecule has 102 valence electrons. The maximum atomic E-state index is 12.6. The van der Waals surface area contributed by atoms with Gasteiger partial charge in [-0.1, -0.05) is 0 Å². The number of carbonyl (C=O) groups is 1. The van der Waals surface area contributed by atoms with Gasteiger partial charge in [0.1, 0.15) is 0 Å². The Morgan fingerprint density at radius 2 is 1.89 bits per heavy atom. The Labute approximate surface area is 102 Å². The highest BCUT2D eigenvalue weighted by Crippen LogP contribution is 2.32. The first-order valence-corrected chi connectivity index (χ1v) is 5.47. The van der Waals surface area contributed by atoms with Gasteiger partial charge in [0.05, 0.1) is 11.1 Å². The van der Waals surface area contributed by atoms with E-state index in [0.29, 0.717) is 25.8 Å². The zero-order valence-electron chi connectivity index (χ0n) is 9.57. The number of carboxylic acid groups (broad SMARTS) is 1. The number of nitrogens with zero attached hydrogens (tertiary/aromatic N) is 1. The first-order valence-electron chi connectivity index (χ1n) is 5.47. The molecule has 0 aromatic carbocycles. The Bertz CT molecular complexity index is 412. The van der Waals surface area contributed by atoms with Gasteiger partial charge in [0.2, 0.25) is 0 Å². The normalized spacial score (nSPS) is 11.8. The summed E-state index contributed by atoms with van der Waals surface area (Å²) in [7, 11) is 0. The third-order valence-electron chi connectivity index (χ3n) is 2.49. The summed E-state index contributed by atoms with van der Waals surface area (Å²) in [4.78, 5) is 10.7. The van der Waals surface area contributed by atoms with Crippen LogP contribution >= 0.6 is 0 Å². The van der Waals surface area contributed by atoms with Crippen molar-refractivity contribution in [3.63, 3.8) is 0 Å². The number of carboxylic acids is 1. The highest BCUT2D eigenvalue weighted by atomic mass is 19.4. The number of aliphatic hydroxyl groups is 1. The minimum Gasteiger partial charge on any atom is -0.478 e. The number of aromatic nitrogens is 1. The van der Waals surface area contributed by atoms with Gasteiger partial charge in [-0.25, -0.2) is 4.79 Å². The summed E-state index contributed by atoms with van der Waals surface area (Å²) in [6, 6.07) is 0. The number of aromatic carboxylic acids is 1. The van der Waals surface area contributed by atoms with Crippen LogP contribution < -0.4 is 0 Å². The van der Waals surface area contributed by atoms with Crippen LogP contribution in [0.2, 0.25) is 0 Å². The summed E-state index contributed by atoms with van der Waals surface area (Å²) in [5.74, 6) is -1.59. The third-order valence-corrected chi connectivity index (χ3v) is 2.49. The Hall–Kier alpha value is -1.50. The largest absolute Gasteiger partial charge is 0.478 e. The van der Waals surface area contributed by atoms with Gasteiger partial charge in [0.15, 0.2) is 0 Å². The molecule has 0 unspecified atom stereocenters. The van der Waals surface area contributed by atoms with E-state index in [2.05, 4.69) is 0 Å². The predicted molar refractivity (Wildman–Crippen MR) is 57.3 cm³/mol. The lowest BCUT2D eigenvalue weighted by Gasteiger charge is -2.04. The van der Waals surface area contributed by atoms with Crippen LogP contribution in [0, 0.1) is 0 Å². The quantitative estimate of drug-likeness (QED) is 0.776. The van der Waals surface area contributed by atoms with E-state index in [1.54, 1.807) is 0 Å². The van der Waals surface area contributed by atoms with E-state index in [1.165, 1.54) is 4.57 Å². The van der Waals surface area contributed by atoms with Crippen LogP contribution in [0.15, 0.2) is 12.4 Å². The molecule has 1 aromatic heterocycles. The minimum atomic E-state index is -4.66. The molecule has 18 heavy (non-hydrogen) atoms. The fourth-order valence-electron chi connectivity index (χ4n) is 1.62. The van der Waals surface area contributed by atoms with Crippen molar-refractivity contribution in [1.29, 1.82) is 0 Å². The summed E-state index contributed by atoms with van der Waals surface area (Å²) in [6.07, 6.45) is -1.01. The molecule has 0 bridgehead atoms. The zero-order valence-corrected chi connectivity index (χ0v) is 9.57. The molecule has 0 aliphatic carbocycles. The molecule has 2 N–H and O–H groups in total. The summed E-state index contributed by atoms with van der Waals surface area (Å²) in [5.41, 5.74) is -1.86. The minimum absolute atomic E-state index is 0.0415. The number of unbranched alkanes of at least 4 members (excludes halogenated alkanes) is 2. The molecule has 1 rings (SSSR count). The number of rotatable bonds is 6. The Kier molecular flexibility index (Phi) is 4.77. The fraction of sp³-hybridized carbons (Fsp3) is 0.545. The summed E-state index contributed by atoms with van der Waals surface area (Å²) in [6.45, 7) is 0.343. The molecule has 4 nitrogen and oxygen atoms in total. The lowest BCUT2D eigenvalue weighted by molar-refractivity contribution is -0.138. The van der Waals surface area contributed by atoms with Gasteiger partial charge in [-0.15, -0.1) is 0 Å². The average Bonchev–Trinajstić information content (AvgIpc) is 2.68. The Morgan fingerprint density at radius 3 is 2.33 bits per heavy atom. The molecule has 1 heterocycles. The SMILES string of the molecule is O=C(O)c1cn(CCCCCO)cc1C(F)(F)F. The van der Waals surface area contributed by atoms with Crippen LogP contribution in [0.1, 0.15) is 35.2 Å². The number of halogens is 3. The van der Waals surface area contributed by atoms with Crippen LogP contribution in [-0.2, 0) is 12.7 Å². The molecule has 0 saturated heterocycles. The Morgan fingerprint density at radius 1 is 1.22 bits per heavy atom. The average molecular weight is 265 g/mol. The molecule has 0 atom stereocenters. The van der Waals surface area contributed by atoms with Crippen molar-refractivity contribution in [2.75, 3.05) is 6.61 Å². The van der Waals surface area contributed by atoms with Crippen LogP contribution in [0.3, 0.4) is 0 Å². The van der Waals surface area contributed by atoms with Gasteiger partial charge in [-0.05, 0) is 19.3 Å². The van der Waals surface area contributed by atoms with Gasteiger partial charge >= 0.3 is 12.1 Å². The van der Waals surface area contributed by atoms with E-state index in [9.17, 15) is 18.0 Å². The lowest BCUT2D eigenvalue weighted by Crippen LogP contribution is -2.09. The first kappa shape index (κ1) is 14.6. The van der Waals surface area contributed by atoms with Crippen LogP contribution in [0.5, 0.6) is 0 Å². The van der Waals surface area contributed by atoms with Crippen molar-refractivity contribution in [3.8, 4) is 0 Å². The standard InChI is InChI=1S/C11H14F3NO3/c12-11(13,14)9-7-15(4-2-1-3-5-16)6-8(9)10(17)18/h6-7,16H,1-5H2,(H,17,18). The van der Waals surface area contributed by atoms with E-state index in [-0.39, 0.29) is 6.61 Å². The van der Waals surface area contributed by atoms with Gasteiger partial charge in [0.25, 0.3) is 0 Å². The van der Waals surface area contributed by atoms with Crippen molar-refractivity contribution < 1.29 is 28.2 Å². The monoisotopic (exact) mass is 265 g/mol. The second-order valence-corrected chi connectivity index (χ2v) is 3.91. The number of aryl methyl sites for hydroxylation is 1. The second-order valence-electron chi connectivity index (χ2n) is 3.91. The lowest BCUT2D eigenvalue weighted by atomic mass is 10.2. The van der Waals surface area contributed by atoms with Crippen LogP contribution in [-0.4, -0.2) is 27.4 Å². The van der Waals surface area contributed by atoms with Gasteiger partial charge in [-0.2, -0.15) is 13.2 Å². The third kappa shape index (κ3) is 3.76. The van der Waals surface area contributed by atoms with Crippen molar-refractivity contribution in [1.82, 2.24) is 4.57 Å². The highest BCUT2D eigenvalue weighted by molar-refractivity contribution is 5.89. The molecule has 0 aliphatic rings. The van der Waals surface area contributed by atoms with E-state index in [4.69, 9.17) is 10.2 Å². The summed E-state index contributed by atoms with van der Waals surface area (Å²) in [5, 5.41) is 17.3. The molecule has 0 saturated carbocycles. The van der Waals surface area contributed by atoms with Crippen molar-refractivity contribution >= 4 is 5.97 Å². The van der Waals surface area contributed by atoms with E-state index in [1.807, 2.05) is 0 Å². The summed E-state index contributed by atoms with van der Waals surface area (Å²) >= 11 is 0. The molecular weight excluding hydrogens is 251 g/mol. The topological polar surface area (TPSA) is 62.5 Å². The first-order chi connectivity index (χ1) is 8.36. The van der Waals surface area contributed by atoms with E-state index < -0.39 is 23.3 Å². The fourth-order valence-corrected chi connectivity index (χ4v) is 1.62. The van der Waals surface area contributed by atoms with Gasteiger partial charge in [0, 0.05) is 25.5 Å². The molecule has 0 fully saturated rings. The number of aliphatic hydroxyl groups excluding tert-OH is 1. The maximum Gasteiger partial charge on any atom is 0.418 e. The van der Waals surface area contributed by atoms with Gasteiger partial charge in [-0.3, -0.25) is 0 Å². The molecule has 0 amide bonds. The number of alkyl halides is 3. The maximum absolute atomic E-state index is 12.6. The second kappa shape index (κ2) is 5.90. The molecule has 0 spiro atoms. The molecule has 0 radical (unpaired) electrons. The molecule has 1 aromatic rings. The van der Waals surface area contributed by atoms with Crippen LogP contribution in [0.25, 0.3) is 0 Å². The Balaban J connectivity index is 2.80.